The Balaban J connectivity index is 2.25. The lowest BCUT2D eigenvalue weighted by atomic mass is 9.81. The molecule has 0 N–H and O–H groups in total. The van der Waals surface area contributed by atoms with Crippen molar-refractivity contribution in [2.75, 3.05) is 14.2 Å². The Morgan fingerprint density at radius 2 is 1.86 bits per heavy atom. The number of benzene rings is 1. The summed E-state index contributed by atoms with van der Waals surface area (Å²) in [6.45, 7) is 0. The van der Waals surface area contributed by atoms with Gasteiger partial charge in [0, 0.05) is 10.6 Å². The Bertz CT molecular complexity index is 721. The fourth-order valence-corrected chi connectivity index (χ4v) is 3.16. The van der Waals surface area contributed by atoms with Crippen molar-refractivity contribution in [1.82, 2.24) is 0 Å². The van der Waals surface area contributed by atoms with Gasteiger partial charge < -0.3 is 14.2 Å². The number of methoxy groups -OCH3 is 2. The van der Waals surface area contributed by atoms with Crippen molar-refractivity contribution in [3.05, 3.63) is 58.1 Å². The van der Waals surface area contributed by atoms with Gasteiger partial charge in [-0.15, -0.1) is 0 Å². The number of carbonyl (C=O) groups is 2. The Kier molecular flexibility index (Phi) is 3.54. The topological polar surface area (TPSA) is 61.8 Å². The highest BCUT2D eigenvalue weighted by Gasteiger charge is 2.56. The van der Waals surface area contributed by atoms with Gasteiger partial charge in [-0.25, -0.2) is 9.59 Å². The predicted octanol–water partition coefficient (Wildman–Crippen LogP) is 2.15. The summed E-state index contributed by atoms with van der Waals surface area (Å²) in [6, 6.07) is 7.00. The van der Waals surface area contributed by atoms with Crippen molar-refractivity contribution in [1.29, 1.82) is 0 Å². The smallest absolute Gasteiger partial charge is 0.338 e. The zero-order valence-corrected chi connectivity index (χ0v) is 12.7. The third kappa shape index (κ3) is 1.90. The number of esters is 2. The predicted molar refractivity (Wildman–Crippen MR) is 78.2 cm³/mol. The van der Waals surface area contributed by atoms with Crippen LogP contribution in [0.5, 0.6) is 0 Å². The highest BCUT2D eigenvalue weighted by atomic mass is 35.5. The quantitative estimate of drug-likeness (QED) is 0.631. The Morgan fingerprint density at radius 3 is 2.50 bits per heavy atom. The molecule has 3 rings (SSSR count). The molecule has 0 saturated heterocycles. The first kappa shape index (κ1) is 14.8. The van der Waals surface area contributed by atoms with Gasteiger partial charge in [-0.1, -0.05) is 35.9 Å². The third-order valence-electron chi connectivity index (χ3n) is 3.81. The number of hydrogen-bond donors (Lipinski definition) is 0. The van der Waals surface area contributed by atoms with Gasteiger partial charge >= 0.3 is 11.9 Å². The van der Waals surface area contributed by atoms with Crippen LogP contribution in [0.2, 0.25) is 5.02 Å². The molecule has 0 aliphatic carbocycles. The fourth-order valence-electron chi connectivity index (χ4n) is 2.88. The lowest BCUT2D eigenvalue weighted by Gasteiger charge is -2.26. The molecule has 6 heteroatoms. The van der Waals surface area contributed by atoms with E-state index < -0.39 is 23.6 Å². The minimum atomic E-state index is -1.22. The SMILES string of the molecule is COC(=O)C1=C(C(=O)OC)C2(c3ccccc3Cl)C=CC1O2. The van der Waals surface area contributed by atoms with Crippen LogP contribution in [0.4, 0.5) is 0 Å². The zero-order chi connectivity index (χ0) is 15.9. The molecule has 1 aromatic rings. The van der Waals surface area contributed by atoms with Gasteiger partial charge in [0.15, 0.2) is 0 Å². The lowest BCUT2D eigenvalue weighted by Crippen LogP contribution is -2.30. The van der Waals surface area contributed by atoms with Crippen molar-refractivity contribution in [2.24, 2.45) is 0 Å². The minimum absolute atomic E-state index is 0.113. The van der Waals surface area contributed by atoms with Crippen molar-refractivity contribution in [3.63, 3.8) is 0 Å². The summed E-state index contributed by atoms with van der Waals surface area (Å²) < 4.78 is 15.5. The maximum Gasteiger partial charge on any atom is 0.338 e. The second kappa shape index (κ2) is 5.26. The number of rotatable bonds is 3. The van der Waals surface area contributed by atoms with Crippen LogP contribution in [-0.4, -0.2) is 32.3 Å². The molecule has 2 unspecified atom stereocenters. The lowest BCUT2D eigenvalue weighted by molar-refractivity contribution is -0.139. The molecule has 0 saturated carbocycles. The monoisotopic (exact) mass is 320 g/mol. The molecular formula is C16H13ClO5. The minimum Gasteiger partial charge on any atom is -0.466 e. The second-order valence-electron chi connectivity index (χ2n) is 4.88. The Hall–Kier alpha value is -2.11. The number of halogens is 1. The summed E-state index contributed by atoms with van der Waals surface area (Å²) in [5.41, 5.74) is -0.381. The normalized spacial score (nSPS) is 25.5. The van der Waals surface area contributed by atoms with Gasteiger partial charge in [0.2, 0.25) is 0 Å². The van der Waals surface area contributed by atoms with Crippen molar-refractivity contribution in [2.45, 2.75) is 11.7 Å². The molecular weight excluding hydrogens is 308 g/mol. The largest absolute Gasteiger partial charge is 0.466 e. The van der Waals surface area contributed by atoms with E-state index in [1.165, 1.54) is 14.2 Å². The highest BCUT2D eigenvalue weighted by molar-refractivity contribution is 6.31. The molecule has 2 heterocycles. The van der Waals surface area contributed by atoms with Gasteiger partial charge in [-0.05, 0) is 12.1 Å². The first-order chi connectivity index (χ1) is 10.5. The van der Waals surface area contributed by atoms with Crippen LogP contribution in [0.3, 0.4) is 0 Å². The Morgan fingerprint density at radius 1 is 1.18 bits per heavy atom. The van der Waals surface area contributed by atoms with Crippen LogP contribution in [0, 0.1) is 0 Å². The van der Waals surface area contributed by atoms with Crippen LogP contribution in [0.25, 0.3) is 0 Å². The van der Waals surface area contributed by atoms with E-state index in [0.717, 1.165) is 0 Å². The molecule has 0 amide bonds. The molecule has 2 aliphatic rings. The standard InChI is InChI=1S/C16H13ClO5/c1-20-14(18)12-11-7-8-16(22-11,13(12)15(19)21-2)9-5-3-4-6-10(9)17/h3-8,11H,1-2H3. The molecule has 2 atom stereocenters. The van der Waals surface area contributed by atoms with E-state index in [4.69, 9.17) is 25.8 Å². The van der Waals surface area contributed by atoms with E-state index in [1.807, 2.05) is 0 Å². The van der Waals surface area contributed by atoms with Crippen molar-refractivity contribution >= 4 is 23.5 Å². The first-order valence-corrected chi connectivity index (χ1v) is 6.96. The van der Waals surface area contributed by atoms with E-state index >= 15 is 0 Å². The van der Waals surface area contributed by atoms with E-state index in [1.54, 1.807) is 36.4 Å². The van der Waals surface area contributed by atoms with Gasteiger partial charge in [-0.2, -0.15) is 0 Å². The van der Waals surface area contributed by atoms with Crippen LogP contribution in [-0.2, 0) is 29.4 Å². The van der Waals surface area contributed by atoms with Gasteiger partial charge in [0.1, 0.15) is 11.7 Å². The molecule has 0 aromatic heterocycles. The summed E-state index contributed by atoms with van der Waals surface area (Å²) >= 11 is 6.26. The number of carbonyl (C=O) groups excluding carboxylic acids is 2. The Labute approximate surface area is 132 Å². The second-order valence-corrected chi connectivity index (χ2v) is 5.29. The average Bonchev–Trinajstić information content (AvgIpc) is 3.10. The molecule has 22 heavy (non-hydrogen) atoms. The molecule has 2 bridgehead atoms. The summed E-state index contributed by atoms with van der Waals surface area (Å²) in [6.07, 6.45) is 2.78. The van der Waals surface area contributed by atoms with Gasteiger partial charge in [0.25, 0.3) is 0 Å². The molecule has 5 nitrogen and oxygen atoms in total. The van der Waals surface area contributed by atoms with E-state index in [-0.39, 0.29) is 11.1 Å². The number of hydrogen-bond acceptors (Lipinski definition) is 5. The van der Waals surface area contributed by atoms with Crippen LogP contribution < -0.4 is 0 Å². The number of ether oxygens (including phenoxy) is 3. The average molecular weight is 321 g/mol. The fraction of sp³-hybridized carbons (Fsp3) is 0.250. The molecule has 2 aliphatic heterocycles. The van der Waals surface area contributed by atoms with Crippen molar-refractivity contribution in [3.8, 4) is 0 Å². The summed E-state index contributed by atoms with van der Waals surface area (Å²) in [5.74, 6) is -1.27. The van der Waals surface area contributed by atoms with Gasteiger partial charge in [-0.3, -0.25) is 0 Å². The van der Waals surface area contributed by atoms with Crippen LogP contribution >= 0.6 is 11.6 Å². The first-order valence-electron chi connectivity index (χ1n) is 6.58. The van der Waals surface area contributed by atoms with E-state index in [9.17, 15) is 9.59 Å². The summed E-state index contributed by atoms with van der Waals surface area (Å²) in [4.78, 5) is 24.3. The molecule has 0 spiro atoms. The van der Waals surface area contributed by atoms with Crippen molar-refractivity contribution < 1.29 is 23.8 Å². The maximum absolute atomic E-state index is 12.3. The molecule has 1 aromatic carbocycles. The summed E-state index contributed by atoms with van der Waals surface area (Å²) in [7, 11) is 2.50. The van der Waals surface area contributed by atoms with E-state index in [0.29, 0.717) is 10.6 Å². The molecule has 0 radical (unpaired) electrons. The molecule has 114 valence electrons. The highest BCUT2D eigenvalue weighted by Crippen LogP contribution is 2.51. The van der Waals surface area contributed by atoms with E-state index in [2.05, 4.69) is 0 Å². The maximum atomic E-state index is 12.3. The van der Waals surface area contributed by atoms with Gasteiger partial charge in [0.05, 0.1) is 25.4 Å². The zero-order valence-electron chi connectivity index (χ0n) is 12.0. The molecule has 0 fully saturated rings. The van der Waals surface area contributed by atoms with Crippen LogP contribution in [0.1, 0.15) is 5.56 Å². The summed E-state index contributed by atoms with van der Waals surface area (Å²) in [5, 5.41) is 0.431. The van der Waals surface area contributed by atoms with Crippen LogP contribution in [0.15, 0.2) is 47.6 Å². The number of fused-ring (bicyclic) bond motifs is 2. The third-order valence-corrected chi connectivity index (χ3v) is 4.14.